The Kier molecular flexibility index (Phi) is 5.42. The summed E-state index contributed by atoms with van der Waals surface area (Å²) in [6.07, 6.45) is 1.40. The van der Waals surface area contributed by atoms with Gasteiger partial charge in [0.25, 0.3) is 0 Å². The van der Waals surface area contributed by atoms with Crippen LogP contribution in [0.1, 0.15) is 12.8 Å². The van der Waals surface area contributed by atoms with Crippen molar-refractivity contribution >= 4 is 23.4 Å². The molecule has 1 rings (SSSR count). The van der Waals surface area contributed by atoms with E-state index in [9.17, 15) is 9.59 Å². The highest BCUT2D eigenvalue weighted by molar-refractivity contribution is 6.27. The summed E-state index contributed by atoms with van der Waals surface area (Å²) in [5, 5.41) is 5.23. The van der Waals surface area contributed by atoms with Crippen molar-refractivity contribution in [2.75, 3.05) is 25.6 Å². The summed E-state index contributed by atoms with van der Waals surface area (Å²) in [5.74, 6) is -0.393. The number of hydrogen-bond donors (Lipinski definition) is 2. The summed E-state index contributed by atoms with van der Waals surface area (Å²) in [5.41, 5.74) is 0. The van der Waals surface area contributed by atoms with Crippen molar-refractivity contribution in [2.45, 2.75) is 18.9 Å². The number of amides is 2. The maximum atomic E-state index is 11.4. The number of ether oxygens (including phenoxy) is 1. The van der Waals surface area contributed by atoms with Gasteiger partial charge in [-0.2, -0.15) is 0 Å². The van der Waals surface area contributed by atoms with Crippen molar-refractivity contribution in [3.8, 4) is 0 Å². The van der Waals surface area contributed by atoms with E-state index >= 15 is 0 Å². The molecule has 2 amide bonds. The summed E-state index contributed by atoms with van der Waals surface area (Å²) in [7, 11) is 0. The van der Waals surface area contributed by atoms with Gasteiger partial charge in [0.2, 0.25) is 11.8 Å². The maximum Gasteiger partial charge on any atom is 0.249 e. The summed E-state index contributed by atoms with van der Waals surface area (Å²) in [6.45, 7) is 1.45. The standard InChI is InChI=1S/C9H15ClN2O3/c10-6-8(13)11-3-4-12-9(14)7-2-1-5-15-7/h7H,1-6H2,(H,11,13)(H,12,14). The van der Waals surface area contributed by atoms with Crippen molar-refractivity contribution in [3.63, 3.8) is 0 Å². The summed E-state index contributed by atoms with van der Waals surface area (Å²) in [6, 6.07) is 0. The molecule has 2 N–H and O–H groups in total. The number of rotatable bonds is 5. The zero-order valence-corrected chi connectivity index (χ0v) is 9.18. The summed E-state index contributed by atoms with van der Waals surface area (Å²) >= 11 is 5.28. The van der Waals surface area contributed by atoms with Crippen molar-refractivity contribution in [1.29, 1.82) is 0 Å². The molecule has 1 aliphatic heterocycles. The van der Waals surface area contributed by atoms with Crippen LogP contribution in [0.3, 0.4) is 0 Å². The van der Waals surface area contributed by atoms with Crippen LogP contribution in [0.25, 0.3) is 0 Å². The molecule has 1 unspecified atom stereocenters. The fraction of sp³-hybridized carbons (Fsp3) is 0.778. The van der Waals surface area contributed by atoms with E-state index in [2.05, 4.69) is 10.6 Å². The SMILES string of the molecule is O=C(CCl)NCCNC(=O)C1CCCO1. The molecular formula is C9H15ClN2O3. The largest absolute Gasteiger partial charge is 0.368 e. The fourth-order valence-corrected chi connectivity index (χ4v) is 1.43. The first kappa shape index (κ1) is 12.3. The lowest BCUT2D eigenvalue weighted by molar-refractivity contribution is -0.130. The van der Waals surface area contributed by atoms with E-state index in [0.29, 0.717) is 19.7 Å². The Morgan fingerprint density at radius 2 is 2.07 bits per heavy atom. The minimum atomic E-state index is -0.311. The average molecular weight is 235 g/mol. The van der Waals surface area contributed by atoms with Gasteiger partial charge in [0.1, 0.15) is 12.0 Å². The van der Waals surface area contributed by atoms with Gasteiger partial charge in [0.05, 0.1) is 0 Å². The van der Waals surface area contributed by atoms with Gasteiger partial charge in [-0.15, -0.1) is 11.6 Å². The number of alkyl halides is 1. The van der Waals surface area contributed by atoms with Crippen molar-refractivity contribution < 1.29 is 14.3 Å². The third-order valence-corrected chi connectivity index (χ3v) is 2.33. The molecule has 1 aliphatic rings. The molecule has 0 aromatic heterocycles. The second kappa shape index (κ2) is 6.63. The van der Waals surface area contributed by atoms with Gasteiger partial charge in [0, 0.05) is 19.7 Å². The van der Waals surface area contributed by atoms with Crippen LogP contribution in [-0.4, -0.2) is 43.5 Å². The van der Waals surface area contributed by atoms with Crippen LogP contribution < -0.4 is 10.6 Å². The van der Waals surface area contributed by atoms with Crippen LogP contribution in [0, 0.1) is 0 Å². The van der Waals surface area contributed by atoms with Gasteiger partial charge in [-0.25, -0.2) is 0 Å². The first-order valence-corrected chi connectivity index (χ1v) is 5.49. The molecular weight excluding hydrogens is 220 g/mol. The van der Waals surface area contributed by atoms with Gasteiger partial charge in [-0.1, -0.05) is 0 Å². The zero-order chi connectivity index (χ0) is 11.1. The minimum absolute atomic E-state index is 0.0559. The smallest absolute Gasteiger partial charge is 0.249 e. The van der Waals surface area contributed by atoms with Crippen LogP contribution in [0.5, 0.6) is 0 Å². The number of nitrogens with one attached hydrogen (secondary N) is 2. The third-order valence-electron chi connectivity index (χ3n) is 2.09. The number of hydrogen-bond acceptors (Lipinski definition) is 3. The molecule has 0 aromatic rings. The molecule has 0 saturated carbocycles. The van der Waals surface area contributed by atoms with Crippen LogP contribution >= 0.6 is 11.6 Å². The predicted molar refractivity (Wildman–Crippen MR) is 55.7 cm³/mol. The van der Waals surface area contributed by atoms with Gasteiger partial charge in [-0.05, 0) is 12.8 Å². The lowest BCUT2D eigenvalue weighted by Gasteiger charge is -2.10. The Morgan fingerprint density at radius 1 is 1.33 bits per heavy atom. The van der Waals surface area contributed by atoms with E-state index in [-0.39, 0.29) is 23.8 Å². The second-order valence-corrected chi connectivity index (χ2v) is 3.54. The molecule has 1 saturated heterocycles. The molecule has 6 heteroatoms. The summed E-state index contributed by atoms with van der Waals surface area (Å²) in [4.78, 5) is 22.1. The Hall–Kier alpha value is -0.810. The van der Waals surface area contributed by atoms with Gasteiger partial charge in [0.15, 0.2) is 0 Å². The van der Waals surface area contributed by atoms with Crippen molar-refractivity contribution in [2.24, 2.45) is 0 Å². The quantitative estimate of drug-likeness (QED) is 0.504. The third kappa shape index (κ3) is 4.48. The highest BCUT2D eigenvalue weighted by atomic mass is 35.5. The molecule has 1 atom stereocenters. The molecule has 0 aliphatic carbocycles. The number of carbonyl (C=O) groups is 2. The number of carbonyl (C=O) groups excluding carboxylic acids is 2. The Labute approximate surface area is 93.5 Å². The first-order chi connectivity index (χ1) is 7.24. The van der Waals surface area contributed by atoms with Gasteiger partial charge < -0.3 is 15.4 Å². The first-order valence-electron chi connectivity index (χ1n) is 4.96. The molecule has 0 bridgehead atoms. The normalized spacial score (nSPS) is 19.9. The van der Waals surface area contributed by atoms with Crippen LogP contribution in [-0.2, 0) is 14.3 Å². The van der Waals surface area contributed by atoms with Crippen LogP contribution in [0.2, 0.25) is 0 Å². The van der Waals surface area contributed by atoms with Crippen molar-refractivity contribution in [3.05, 3.63) is 0 Å². The molecule has 0 radical (unpaired) electrons. The molecule has 86 valence electrons. The van der Waals surface area contributed by atoms with Crippen LogP contribution in [0.4, 0.5) is 0 Å². The molecule has 15 heavy (non-hydrogen) atoms. The highest BCUT2D eigenvalue weighted by Gasteiger charge is 2.22. The Balaban J connectivity index is 2.04. The van der Waals surface area contributed by atoms with Gasteiger partial charge in [-0.3, -0.25) is 9.59 Å². The molecule has 1 heterocycles. The lowest BCUT2D eigenvalue weighted by atomic mass is 10.2. The van der Waals surface area contributed by atoms with E-state index in [4.69, 9.17) is 16.3 Å². The Morgan fingerprint density at radius 3 is 2.67 bits per heavy atom. The lowest BCUT2D eigenvalue weighted by Crippen LogP contribution is -2.39. The second-order valence-electron chi connectivity index (χ2n) is 3.28. The van der Waals surface area contributed by atoms with E-state index in [0.717, 1.165) is 12.8 Å². The number of halogens is 1. The van der Waals surface area contributed by atoms with E-state index in [1.54, 1.807) is 0 Å². The predicted octanol–water partition coefficient (Wildman–Crippen LogP) is -0.363. The monoisotopic (exact) mass is 234 g/mol. The van der Waals surface area contributed by atoms with E-state index < -0.39 is 0 Å². The fourth-order valence-electron chi connectivity index (χ4n) is 1.33. The molecule has 1 fully saturated rings. The molecule has 0 aromatic carbocycles. The minimum Gasteiger partial charge on any atom is -0.368 e. The van der Waals surface area contributed by atoms with Gasteiger partial charge >= 0.3 is 0 Å². The van der Waals surface area contributed by atoms with E-state index in [1.807, 2.05) is 0 Å². The Bertz CT molecular complexity index is 229. The average Bonchev–Trinajstić information content (AvgIpc) is 2.77. The van der Waals surface area contributed by atoms with E-state index in [1.165, 1.54) is 0 Å². The molecule has 5 nitrogen and oxygen atoms in total. The van der Waals surface area contributed by atoms with Crippen molar-refractivity contribution in [1.82, 2.24) is 10.6 Å². The topological polar surface area (TPSA) is 67.4 Å². The molecule has 0 spiro atoms. The zero-order valence-electron chi connectivity index (χ0n) is 8.42. The highest BCUT2D eigenvalue weighted by Crippen LogP contribution is 2.11. The summed E-state index contributed by atoms with van der Waals surface area (Å²) < 4.78 is 5.19. The maximum absolute atomic E-state index is 11.4. The van der Waals surface area contributed by atoms with Crippen LogP contribution in [0.15, 0.2) is 0 Å².